The molecule has 0 atom stereocenters. The Labute approximate surface area is 116 Å². The van der Waals surface area contributed by atoms with Crippen LogP contribution >= 0.6 is 0 Å². The molecule has 1 heterocycles. The Morgan fingerprint density at radius 1 is 0.842 bits per heavy atom. The van der Waals surface area contributed by atoms with Crippen LogP contribution in [-0.2, 0) is 5.41 Å². The molecular weight excluding hydrogens is 230 g/mol. The molecule has 1 aromatic carbocycles. The van der Waals surface area contributed by atoms with Crippen molar-refractivity contribution in [3.63, 3.8) is 0 Å². The molecule has 0 radical (unpaired) electrons. The van der Waals surface area contributed by atoms with Crippen LogP contribution < -0.4 is 4.57 Å². The molecule has 0 fully saturated rings. The van der Waals surface area contributed by atoms with E-state index in [1.165, 1.54) is 28.2 Å². The summed E-state index contributed by atoms with van der Waals surface area (Å²) in [6, 6.07) is 13.2. The average molecular weight is 254 g/mol. The third-order valence-corrected chi connectivity index (χ3v) is 3.53. The molecule has 0 bridgehead atoms. The Bertz CT molecular complexity index is 580. The summed E-state index contributed by atoms with van der Waals surface area (Å²) in [5.41, 5.74) is 6.72. The van der Waals surface area contributed by atoms with E-state index < -0.39 is 0 Å². The highest BCUT2D eigenvalue weighted by atomic mass is 15.0. The van der Waals surface area contributed by atoms with Gasteiger partial charge < -0.3 is 0 Å². The van der Waals surface area contributed by atoms with E-state index in [1.807, 2.05) is 0 Å². The zero-order valence-corrected chi connectivity index (χ0v) is 12.9. The van der Waals surface area contributed by atoms with Gasteiger partial charge in [-0.15, -0.1) is 0 Å². The van der Waals surface area contributed by atoms with Gasteiger partial charge in [0.15, 0.2) is 11.4 Å². The lowest BCUT2D eigenvalue weighted by Crippen LogP contribution is -2.40. The van der Waals surface area contributed by atoms with E-state index in [2.05, 4.69) is 82.5 Å². The van der Waals surface area contributed by atoms with Crippen molar-refractivity contribution in [2.24, 2.45) is 0 Å². The Morgan fingerprint density at radius 2 is 1.37 bits per heavy atom. The molecule has 0 amide bonds. The molecule has 100 valence electrons. The lowest BCUT2D eigenvalue weighted by atomic mass is 9.85. The van der Waals surface area contributed by atoms with Crippen LogP contribution in [0, 0.1) is 20.8 Å². The van der Waals surface area contributed by atoms with Crippen molar-refractivity contribution in [1.82, 2.24) is 0 Å². The van der Waals surface area contributed by atoms with Crippen molar-refractivity contribution in [2.45, 2.75) is 47.0 Å². The smallest absolute Gasteiger partial charge is 0.162 e. The Balaban J connectivity index is 2.74. The van der Waals surface area contributed by atoms with Crippen LogP contribution in [0.15, 0.2) is 36.4 Å². The highest BCUT2D eigenvalue weighted by molar-refractivity contribution is 5.39. The summed E-state index contributed by atoms with van der Waals surface area (Å²) >= 11 is 0. The second-order valence-corrected chi connectivity index (χ2v) is 6.42. The maximum absolute atomic E-state index is 2.35. The summed E-state index contributed by atoms with van der Waals surface area (Å²) in [6.45, 7) is 13.3. The number of hydrogen-bond donors (Lipinski definition) is 0. The number of pyridine rings is 1. The van der Waals surface area contributed by atoms with Crippen molar-refractivity contribution < 1.29 is 4.57 Å². The van der Waals surface area contributed by atoms with E-state index in [1.54, 1.807) is 0 Å². The maximum Gasteiger partial charge on any atom is 0.214 e. The minimum Gasteiger partial charge on any atom is -0.162 e. The normalized spacial score (nSPS) is 11.7. The number of aryl methyl sites for hydroxylation is 3. The first-order valence-electron chi connectivity index (χ1n) is 6.90. The first-order valence-corrected chi connectivity index (χ1v) is 6.90. The summed E-state index contributed by atoms with van der Waals surface area (Å²) in [7, 11) is 0. The van der Waals surface area contributed by atoms with E-state index in [9.17, 15) is 0 Å². The van der Waals surface area contributed by atoms with E-state index in [4.69, 9.17) is 0 Å². The molecule has 2 aromatic rings. The Hall–Kier alpha value is -1.63. The number of nitrogens with zero attached hydrogens (tertiary/aromatic N) is 1. The van der Waals surface area contributed by atoms with Crippen molar-refractivity contribution in [3.05, 3.63) is 58.9 Å². The first kappa shape index (κ1) is 13.8. The van der Waals surface area contributed by atoms with Gasteiger partial charge in [-0.05, 0) is 17.9 Å². The summed E-state index contributed by atoms with van der Waals surface area (Å²) in [5.74, 6) is 0. The molecule has 0 aliphatic rings. The summed E-state index contributed by atoms with van der Waals surface area (Å²) in [6.07, 6.45) is 0. The topological polar surface area (TPSA) is 3.88 Å². The number of benzene rings is 1. The zero-order valence-electron chi connectivity index (χ0n) is 12.9. The standard InChI is InChI=1S/C18H24N/c1-13-11-14(2)19(15(3)12-13)17-10-8-7-9-16(17)18(4,5)6/h7-12H,1-6H3/q+1. The molecule has 0 saturated heterocycles. The SMILES string of the molecule is Cc1cc(C)[n+](-c2ccccc2C(C)(C)C)c(C)c1. The highest BCUT2D eigenvalue weighted by Crippen LogP contribution is 2.26. The molecule has 0 saturated carbocycles. The predicted molar refractivity (Wildman–Crippen MR) is 80.9 cm³/mol. The quantitative estimate of drug-likeness (QED) is 0.672. The lowest BCUT2D eigenvalue weighted by Gasteiger charge is -2.20. The number of aromatic nitrogens is 1. The molecule has 19 heavy (non-hydrogen) atoms. The largest absolute Gasteiger partial charge is 0.214 e. The van der Waals surface area contributed by atoms with E-state index in [0.717, 1.165) is 0 Å². The minimum absolute atomic E-state index is 0.146. The van der Waals surface area contributed by atoms with Crippen LogP contribution in [0.2, 0.25) is 0 Å². The minimum atomic E-state index is 0.146. The van der Waals surface area contributed by atoms with Gasteiger partial charge in [-0.2, -0.15) is 4.57 Å². The van der Waals surface area contributed by atoms with Crippen LogP contribution in [0.5, 0.6) is 0 Å². The van der Waals surface area contributed by atoms with Crippen LogP contribution in [0.25, 0.3) is 5.69 Å². The molecule has 0 aliphatic heterocycles. The summed E-state index contributed by atoms with van der Waals surface area (Å²) in [4.78, 5) is 0. The zero-order chi connectivity index (χ0) is 14.2. The molecule has 0 N–H and O–H groups in total. The van der Waals surface area contributed by atoms with Gasteiger partial charge in [0.25, 0.3) is 0 Å². The summed E-state index contributed by atoms with van der Waals surface area (Å²) in [5, 5.41) is 0. The number of para-hydroxylation sites is 1. The molecule has 1 aromatic heterocycles. The third-order valence-electron chi connectivity index (χ3n) is 3.53. The van der Waals surface area contributed by atoms with Gasteiger partial charge in [0, 0.05) is 37.6 Å². The van der Waals surface area contributed by atoms with Crippen LogP contribution in [0.3, 0.4) is 0 Å². The van der Waals surface area contributed by atoms with Crippen LogP contribution in [0.4, 0.5) is 0 Å². The van der Waals surface area contributed by atoms with E-state index in [0.29, 0.717) is 0 Å². The molecule has 2 rings (SSSR count). The van der Waals surface area contributed by atoms with Crippen LogP contribution in [-0.4, -0.2) is 0 Å². The van der Waals surface area contributed by atoms with Gasteiger partial charge in [-0.25, -0.2) is 0 Å². The molecule has 1 nitrogen and oxygen atoms in total. The first-order chi connectivity index (χ1) is 8.80. The van der Waals surface area contributed by atoms with Crippen molar-refractivity contribution in [3.8, 4) is 5.69 Å². The van der Waals surface area contributed by atoms with Gasteiger partial charge in [-0.1, -0.05) is 39.0 Å². The van der Waals surface area contributed by atoms with Gasteiger partial charge in [-0.3, -0.25) is 0 Å². The fourth-order valence-corrected chi connectivity index (χ4v) is 2.79. The second-order valence-electron chi connectivity index (χ2n) is 6.42. The second kappa shape index (κ2) is 4.80. The highest BCUT2D eigenvalue weighted by Gasteiger charge is 2.25. The van der Waals surface area contributed by atoms with E-state index >= 15 is 0 Å². The predicted octanol–water partition coefficient (Wildman–Crippen LogP) is 4.19. The Morgan fingerprint density at radius 3 is 1.89 bits per heavy atom. The molecule has 0 aliphatic carbocycles. The molecule has 0 spiro atoms. The van der Waals surface area contributed by atoms with Crippen molar-refractivity contribution in [2.75, 3.05) is 0 Å². The summed E-state index contributed by atoms with van der Waals surface area (Å²) < 4.78 is 2.35. The van der Waals surface area contributed by atoms with E-state index in [-0.39, 0.29) is 5.41 Å². The fourth-order valence-electron chi connectivity index (χ4n) is 2.79. The third kappa shape index (κ3) is 2.70. The molecule has 1 heteroatoms. The molecular formula is C18H24N+. The monoisotopic (exact) mass is 254 g/mol. The Kier molecular flexibility index (Phi) is 3.49. The van der Waals surface area contributed by atoms with Crippen molar-refractivity contribution in [1.29, 1.82) is 0 Å². The lowest BCUT2D eigenvalue weighted by molar-refractivity contribution is -0.610. The average Bonchev–Trinajstić information content (AvgIpc) is 2.26. The van der Waals surface area contributed by atoms with Gasteiger partial charge >= 0.3 is 0 Å². The van der Waals surface area contributed by atoms with Crippen molar-refractivity contribution >= 4 is 0 Å². The van der Waals surface area contributed by atoms with Crippen LogP contribution in [0.1, 0.15) is 43.3 Å². The maximum atomic E-state index is 2.35. The van der Waals surface area contributed by atoms with Gasteiger partial charge in [0.1, 0.15) is 0 Å². The number of hydrogen-bond acceptors (Lipinski definition) is 0. The molecule has 0 unspecified atom stereocenters. The number of rotatable bonds is 1. The van der Waals surface area contributed by atoms with Gasteiger partial charge in [0.05, 0.1) is 0 Å². The van der Waals surface area contributed by atoms with Gasteiger partial charge in [0.2, 0.25) is 5.69 Å². The fraction of sp³-hybridized carbons (Fsp3) is 0.389.